The molecule has 0 unspecified atom stereocenters. The van der Waals surface area contributed by atoms with Gasteiger partial charge < -0.3 is 15.4 Å². The molecule has 1 aromatic heterocycles. The van der Waals surface area contributed by atoms with Gasteiger partial charge in [0.25, 0.3) is 0 Å². The van der Waals surface area contributed by atoms with E-state index in [-0.39, 0.29) is 21.6 Å². The van der Waals surface area contributed by atoms with Gasteiger partial charge in [0, 0.05) is 11.1 Å². The highest BCUT2D eigenvalue weighted by Crippen LogP contribution is 2.35. The Bertz CT molecular complexity index is 1070. The quantitative estimate of drug-likeness (QED) is 0.412. The smallest absolute Gasteiger partial charge is 0.238 e. The van der Waals surface area contributed by atoms with Gasteiger partial charge in [-0.05, 0) is 42.5 Å². The van der Waals surface area contributed by atoms with Crippen molar-refractivity contribution in [3.05, 3.63) is 48.5 Å². The minimum absolute atomic E-state index is 0.00527. The summed E-state index contributed by atoms with van der Waals surface area (Å²) < 4.78 is 22.4. The van der Waals surface area contributed by atoms with E-state index in [1.807, 2.05) is 12.1 Å². The highest BCUT2D eigenvalue weighted by atomic mass is 32.2. The van der Waals surface area contributed by atoms with Gasteiger partial charge in [0.15, 0.2) is 5.69 Å². The van der Waals surface area contributed by atoms with Crippen molar-refractivity contribution >= 4 is 49.6 Å². The van der Waals surface area contributed by atoms with Crippen LogP contribution in [0.1, 0.15) is 0 Å². The number of azo groups is 1. The predicted molar refractivity (Wildman–Crippen MR) is 98.5 cm³/mol. The van der Waals surface area contributed by atoms with Gasteiger partial charge in [0.05, 0.1) is 10.4 Å². The Morgan fingerprint density at radius 2 is 1.84 bits per heavy atom. The fraction of sp³-hybridized carbons (Fsp3) is 0. The molecule has 0 aliphatic rings. The Hall–Kier alpha value is -2.82. The van der Waals surface area contributed by atoms with E-state index in [0.717, 1.165) is 5.52 Å². The second-order valence-electron chi connectivity index (χ2n) is 5.07. The number of fused-ring (bicyclic) bond motifs is 1. The van der Waals surface area contributed by atoms with Gasteiger partial charge in [-0.3, -0.25) is 0 Å². The number of aromatic hydroxyl groups is 1. The summed E-state index contributed by atoms with van der Waals surface area (Å²) in [5.41, 5.74) is 1.54. The average Bonchev–Trinajstić information content (AvgIpc) is 2.88. The Kier molecular flexibility index (Phi) is 4.49. The van der Waals surface area contributed by atoms with Crippen LogP contribution in [-0.4, -0.2) is 23.6 Å². The van der Waals surface area contributed by atoms with Crippen LogP contribution in [0.5, 0.6) is 5.88 Å². The summed E-state index contributed by atoms with van der Waals surface area (Å²) in [5, 5.41) is 26.3. The van der Waals surface area contributed by atoms with Crippen molar-refractivity contribution < 1.29 is 13.5 Å². The number of para-hydroxylation sites is 1. The summed E-state index contributed by atoms with van der Waals surface area (Å²) in [6, 6.07) is 13.0. The maximum Gasteiger partial charge on any atom is 0.238 e. The third kappa shape index (κ3) is 3.82. The first kappa shape index (κ1) is 17.0. The number of rotatable bonds is 3. The zero-order chi connectivity index (χ0) is 18.0. The number of aromatic nitrogens is 1. The normalized spacial score (nSPS) is 11.9. The Balaban J connectivity index is 1.76. The summed E-state index contributed by atoms with van der Waals surface area (Å²) in [6.07, 6.45) is 0. The number of anilines is 1. The lowest BCUT2D eigenvalue weighted by molar-refractivity contribution is 0.459. The molecule has 25 heavy (non-hydrogen) atoms. The molecule has 0 spiro atoms. The van der Waals surface area contributed by atoms with Crippen molar-refractivity contribution in [1.82, 2.24) is 4.98 Å². The number of aromatic amines is 1. The molecule has 5 N–H and O–H groups in total. The van der Waals surface area contributed by atoms with Crippen molar-refractivity contribution in [2.24, 2.45) is 15.4 Å². The molecule has 8 nitrogen and oxygen atoms in total. The molecule has 2 aromatic carbocycles. The van der Waals surface area contributed by atoms with Crippen LogP contribution in [0, 0.1) is 0 Å². The average molecular weight is 375 g/mol. The number of sulfonamides is 1. The number of hydrogen-bond acceptors (Lipinski definition) is 5. The number of benzene rings is 2. The third-order valence-electron chi connectivity index (χ3n) is 3.33. The molecule has 0 amide bonds. The van der Waals surface area contributed by atoms with E-state index in [9.17, 15) is 13.5 Å². The minimum atomic E-state index is -3.75. The fourth-order valence-electron chi connectivity index (χ4n) is 2.19. The maximum atomic E-state index is 11.2. The molecule has 3 aromatic rings. The molecule has 0 aliphatic heterocycles. The summed E-state index contributed by atoms with van der Waals surface area (Å²) in [5.74, 6) is -0.106. The first-order valence-electron chi connectivity index (χ1n) is 7.00. The lowest BCUT2D eigenvalue weighted by Gasteiger charge is -2.04. The standard InChI is InChI=1S/C15H13N5O3S2/c16-25(22,23)10-7-5-9(6-8-10)17-15(24)20-19-13-11-3-1-2-4-12(11)18-14(13)21/h1-8,18,21H,(H,17,24)(H2,16,22,23). The van der Waals surface area contributed by atoms with E-state index in [4.69, 9.17) is 17.4 Å². The van der Waals surface area contributed by atoms with Gasteiger partial charge in [0.1, 0.15) is 0 Å². The van der Waals surface area contributed by atoms with Crippen LogP contribution in [0.4, 0.5) is 11.4 Å². The zero-order valence-electron chi connectivity index (χ0n) is 12.7. The topological polar surface area (TPSA) is 133 Å². The first-order chi connectivity index (χ1) is 11.8. The molecule has 0 radical (unpaired) electrons. The summed E-state index contributed by atoms with van der Waals surface area (Å²) in [7, 11) is -3.75. The lowest BCUT2D eigenvalue weighted by Crippen LogP contribution is -2.12. The van der Waals surface area contributed by atoms with Crippen molar-refractivity contribution in [2.75, 3.05) is 5.32 Å². The van der Waals surface area contributed by atoms with Crippen LogP contribution in [0.2, 0.25) is 0 Å². The predicted octanol–water partition coefficient (Wildman–Crippen LogP) is 3.00. The lowest BCUT2D eigenvalue weighted by atomic mass is 10.2. The first-order valence-corrected chi connectivity index (χ1v) is 8.95. The Labute approximate surface area is 148 Å². The van der Waals surface area contributed by atoms with Gasteiger partial charge in [-0.1, -0.05) is 18.2 Å². The SMILES string of the molecule is NS(=O)(=O)c1ccc(NC(=S)N=Nc2c(O)[nH]c3ccccc23)cc1. The highest BCUT2D eigenvalue weighted by Gasteiger charge is 2.10. The minimum Gasteiger partial charge on any atom is -0.493 e. The monoisotopic (exact) mass is 375 g/mol. The molecule has 0 aliphatic carbocycles. The van der Waals surface area contributed by atoms with Gasteiger partial charge in [-0.25, -0.2) is 13.6 Å². The number of primary sulfonamides is 1. The molecule has 1 heterocycles. The second kappa shape index (κ2) is 6.59. The van der Waals surface area contributed by atoms with Gasteiger partial charge >= 0.3 is 0 Å². The van der Waals surface area contributed by atoms with Crippen molar-refractivity contribution in [3.63, 3.8) is 0 Å². The van der Waals surface area contributed by atoms with Gasteiger partial charge in [-0.2, -0.15) is 0 Å². The Morgan fingerprint density at radius 3 is 2.52 bits per heavy atom. The molecular weight excluding hydrogens is 362 g/mol. The molecule has 3 rings (SSSR count). The zero-order valence-corrected chi connectivity index (χ0v) is 14.3. The number of H-pyrrole nitrogens is 1. The van der Waals surface area contributed by atoms with Crippen LogP contribution in [0.15, 0.2) is 63.7 Å². The van der Waals surface area contributed by atoms with Crippen molar-refractivity contribution in [2.45, 2.75) is 4.90 Å². The summed E-state index contributed by atoms with van der Waals surface area (Å²) in [4.78, 5) is 2.78. The van der Waals surface area contributed by atoms with Crippen LogP contribution in [0.3, 0.4) is 0 Å². The maximum absolute atomic E-state index is 11.2. The molecule has 0 fully saturated rings. The molecular formula is C15H13N5O3S2. The third-order valence-corrected chi connectivity index (χ3v) is 4.45. The number of nitrogens with one attached hydrogen (secondary N) is 2. The second-order valence-corrected chi connectivity index (χ2v) is 7.02. The number of nitrogens with zero attached hydrogens (tertiary/aromatic N) is 2. The van der Waals surface area contributed by atoms with E-state index in [2.05, 4.69) is 20.5 Å². The number of thiocarbonyl (C=S) groups is 1. The molecule has 0 atom stereocenters. The number of nitrogens with two attached hydrogens (primary N) is 1. The number of hydrogen-bond donors (Lipinski definition) is 4. The summed E-state index contributed by atoms with van der Waals surface area (Å²) in [6.45, 7) is 0. The van der Waals surface area contributed by atoms with Gasteiger partial charge in [0.2, 0.25) is 21.0 Å². The van der Waals surface area contributed by atoms with Crippen molar-refractivity contribution in [1.29, 1.82) is 0 Å². The Morgan fingerprint density at radius 1 is 1.16 bits per heavy atom. The van der Waals surface area contributed by atoms with E-state index in [1.165, 1.54) is 24.3 Å². The van der Waals surface area contributed by atoms with E-state index >= 15 is 0 Å². The molecule has 128 valence electrons. The van der Waals surface area contributed by atoms with Crippen LogP contribution < -0.4 is 10.5 Å². The molecule has 10 heteroatoms. The van der Waals surface area contributed by atoms with Crippen LogP contribution in [-0.2, 0) is 10.0 Å². The van der Waals surface area contributed by atoms with Crippen molar-refractivity contribution in [3.8, 4) is 5.88 Å². The highest BCUT2D eigenvalue weighted by molar-refractivity contribution is 7.89. The molecule has 0 bridgehead atoms. The van der Waals surface area contributed by atoms with E-state index in [0.29, 0.717) is 11.1 Å². The van der Waals surface area contributed by atoms with E-state index < -0.39 is 10.0 Å². The fourth-order valence-corrected chi connectivity index (χ4v) is 2.86. The molecule has 0 saturated heterocycles. The van der Waals surface area contributed by atoms with Crippen LogP contribution >= 0.6 is 12.2 Å². The summed E-state index contributed by atoms with van der Waals surface area (Å²) >= 11 is 5.08. The van der Waals surface area contributed by atoms with E-state index in [1.54, 1.807) is 12.1 Å². The van der Waals surface area contributed by atoms with Gasteiger partial charge in [-0.15, -0.1) is 10.2 Å². The van der Waals surface area contributed by atoms with Crippen LogP contribution in [0.25, 0.3) is 10.9 Å². The largest absolute Gasteiger partial charge is 0.493 e. The molecule has 0 saturated carbocycles.